The smallest absolute Gasteiger partial charge is 0.237 e. The molecule has 1 heterocycles. The second-order valence-electron chi connectivity index (χ2n) is 4.58. The molecule has 1 atom stereocenters. The van der Waals surface area contributed by atoms with Gasteiger partial charge in [-0.25, -0.2) is 8.78 Å². The second kappa shape index (κ2) is 5.78. The first-order valence-electron chi connectivity index (χ1n) is 6.20. The van der Waals surface area contributed by atoms with E-state index in [0.717, 1.165) is 12.1 Å². The lowest BCUT2D eigenvalue weighted by atomic mass is 9.91. The van der Waals surface area contributed by atoms with Gasteiger partial charge < -0.3 is 4.90 Å². The molecule has 1 aliphatic heterocycles. The molecular formula is C14H12F2N2O2. The summed E-state index contributed by atoms with van der Waals surface area (Å²) in [5.41, 5.74) is 0.225. The molecule has 4 nitrogen and oxygen atoms in total. The van der Waals surface area contributed by atoms with Crippen molar-refractivity contribution in [2.45, 2.75) is 19.3 Å². The highest BCUT2D eigenvalue weighted by molar-refractivity contribution is 6.09. The number of nitriles is 1. The molecule has 1 aliphatic rings. The lowest BCUT2D eigenvalue weighted by molar-refractivity contribution is -0.133. The summed E-state index contributed by atoms with van der Waals surface area (Å²) in [5.74, 6) is -3.78. The number of Topliss-reactive ketones (excluding diaryl/α,β-unsaturated/α-hetero) is 1. The summed E-state index contributed by atoms with van der Waals surface area (Å²) >= 11 is 0. The Balaban J connectivity index is 2.24. The Morgan fingerprint density at radius 3 is 2.80 bits per heavy atom. The molecule has 0 saturated carbocycles. The van der Waals surface area contributed by atoms with E-state index in [4.69, 9.17) is 5.26 Å². The van der Waals surface area contributed by atoms with Gasteiger partial charge in [-0.05, 0) is 25.0 Å². The van der Waals surface area contributed by atoms with Crippen molar-refractivity contribution in [2.75, 3.05) is 11.4 Å². The van der Waals surface area contributed by atoms with Gasteiger partial charge in [0.1, 0.15) is 0 Å². The van der Waals surface area contributed by atoms with Crippen molar-refractivity contribution in [3.05, 3.63) is 29.8 Å². The third kappa shape index (κ3) is 2.67. The van der Waals surface area contributed by atoms with E-state index in [1.54, 1.807) is 6.07 Å². The summed E-state index contributed by atoms with van der Waals surface area (Å²) in [5, 5.41) is 8.52. The lowest BCUT2D eigenvalue weighted by Gasteiger charge is -2.31. The predicted octanol–water partition coefficient (Wildman–Crippen LogP) is 2.19. The fraction of sp³-hybridized carbons (Fsp3) is 0.357. The van der Waals surface area contributed by atoms with Crippen LogP contribution in [-0.4, -0.2) is 18.2 Å². The number of benzene rings is 1. The monoisotopic (exact) mass is 278 g/mol. The number of hydrogen-bond donors (Lipinski definition) is 0. The van der Waals surface area contributed by atoms with Crippen LogP contribution >= 0.6 is 0 Å². The van der Waals surface area contributed by atoms with Crippen LogP contribution in [0.3, 0.4) is 0 Å². The van der Waals surface area contributed by atoms with E-state index in [0.29, 0.717) is 19.4 Å². The minimum absolute atomic E-state index is 0.225. The molecule has 0 unspecified atom stereocenters. The normalized spacial score (nSPS) is 18.8. The van der Waals surface area contributed by atoms with Crippen LogP contribution < -0.4 is 4.90 Å². The SMILES string of the molecule is N#CCC(=O)[C@@H]1CCCN(c2ccc(F)c(F)c2)C1=O. The molecule has 0 radical (unpaired) electrons. The van der Waals surface area contributed by atoms with Gasteiger partial charge in [-0.1, -0.05) is 0 Å². The van der Waals surface area contributed by atoms with Crippen LogP contribution in [0.5, 0.6) is 0 Å². The fourth-order valence-electron chi connectivity index (χ4n) is 2.28. The van der Waals surface area contributed by atoms with Crippen LogP contribution in [0, 0.1) is 28.9 Å². The Labute approximate surface area is 114 Å². The van der Waals surface area contributed by atoms with E-state index in [-0.39, 0.29) is 12.1 Å². The summed E-state index contributed by atoms with van der Waals surface area (Å²) in [6.07, 6.45) is 0.647. The van der Waals surface area contributed by atoms with Crippen molar-refractivity contribution in [2.24, 2.45) is 5.92 Å². The summed E-state index contributed by atoms with van der Waals surface area (Å²) in [7, 11) is 0. The van der Waals surface area contributed by atoms with Crippen LogP contribution in [0.4, 0.5) is 14.5 Å². The predicted molar refractivity (Wildman–Crippen MR) is 66.7 cm³/mol. The summed E-state index contributed by atoms with van der Waals surface area (Å²) in [4.78, 5) is 25.2. The molecule has 6 heteroatoms. The number of amides is 1. The van der Waals surface area contributed by atoms with Gasteiger partial charge in [0.2, 0.25) is 5.91 Å². The number of piperidine rings is 1. The maximum Gasteiger partial charge on any atom is 0.237 e. The van der Waals surface area contributed by atoms with Crippen molar-refractivity contribution >= 4 is 17.4 Å². The van der Waals surface area contributed by atoms with Gasteiger partial charge in [-0.15, -0.1) is 0 Å². The van der Waals surface area contributed by atoms with E-state index < -0.39 is 29.2 Å². The topological polar surface area (TPSA) is 61.2 Å². The molecular weight excluding hydrogens is 266 g/mol. The molecule has 104 valence electrons. The van der Waals surface area contributed by atoms with Gasteiger partial charge in [0.25, 0.3) is 0 Å². The molecule has 2 rings (SSSR count). The highest BCUT2D eigenvalue weighted by Crippen LogP contribution is 2.26. The Morgan fingerprint density at radius 1 is 1.40 bits per heavy atom. The Hall–Kier alpha value is -2.29. The van der Waals surface area contributed by atoms with E-state index in [1.165, 1.54) is 11.0 Å². The van der Waals surface area contributed by atoms with Crippen LogP contribution in [0.2, 0.25) is 0 Å². The van der Waals surface area contributed by atoms with Gasteiger partial charge in [0, 0.05) is 18.3 Å². The average Bonchev–Trinajstić information content (AvgIpc) is 2.42. The van der Waals surface area contributed by atoms with E-state index in [1.807, 2.05) is 0 Å². The van der Waals surface area contributed by atoms with Gasteiger partial charge in [-0.2, -0.15) is 5.26 Å². The number of carbonyl (C=O) groups is 2. The molecule has 1 amide bonds. The molecule has 20 heavy (non-hydrogen) atoms. The summed E-state index contributed by atoms with van der Waals surface area (Å²) in [6.45, 7) is 0.347. The highest BCUT2D eigenvalue weighted by atomic mass is 19.2. The van der Waals surface area contributed by atoms with E-state index in [9.17, 15) is 18.4 Å². The van der Waals surface area contributed by atoms with Gasteiger partial charge in [0.15, 0.2) is 17.4 Å². The fourth-order valence-corrected chi connectivity index (χ4v) is 2.28. The minimum Gasteiger partial charge on any atom is -0.312 e. The van der Waals surface area contributed by atoms with Gasteiger partial charge in [0.05, 0.1) is 18.4 Å². The van der Waals surface area contributed by atoms with Gasteiger partial charge in [-0.3, -0.25) is 9.59 Å². The number of rotatable bonds is 3. The zero-order valence-corrected chi connectivity index (χ0v) is 10.6. The molecule has 1 fully saturated rings. The third-order valence-electron chi connectivity index (χ3n) is 3.30. The molecule has 1 aromatic carbocycles. The number of anilines is 1. The van der Waals surface area contributed by atoms with Crippen molar-refractivity contribution in [1.29, 1.82) is 5.26 Å². The van der Waals surface area contributed by atoms with E-state index >= 15 is 0 Å². The standard InChI is InChI=1S/C14H12F2N2O2/c15-11-4-3-9(8-12(11)16)18-7-1-2-10(14(18)20)13(19)5-6-17/h3-4,8,10H,1-2,5,7H2/t10-/m0/s1. The number of carbonyl (C=O) groups excluding carboxylic acids is 2. The minimum atomic E-state index is -1.04. The number of halogens is 2. The van der Waals surface area contributed by atoms with Crippen LogP contribution in [0.15, 0.2) is 18.2 Å². The van der Waals surface area contributed by atoms with Crippen molar-refractivity contribution in [3.8, 4) is 6.07 Å². The van der Waals surface area contributed by atoms with Crippen molar-refractivity contribution in [3.63, 3.8) is 0 Å². The first-order valence-corrected chi connectivity index (χ1v) is 6.20. The largest absolute Gasteiger partial charge is 0.312 e. The molecule has 0 aliphatic carbocycles. The maximum absolute atomic E-state index is 13.2. The highest BCUT2D eigenvalue weighted by Gasteiger charge is 2.34. The number of ketones is 1. The van der Waals surface area contributed by atoms with E-state index in [2.05, 4.69) is 0 Å². The Morgan fingerprint density at radius 2 is 2.15 bits per heavy atom. The van der Waals surface area contributed by atoms with Crippen LogP contribution in [-0.2, 0) is 9.59 Å². The molecule has 1 aromatic rings. The number of hydrogen-bond acceptors (Lipinski definition) is 3. The molecule has 1 saturated heterocycles. The van der Waals surface area contributed by atoms with Crippen LogP contribution in [0.1, 0.15) is 19.3 Å². The maximum atomic E-state index is 13.2. The molecule has 0 bridgehead atoms. The lowest BCUT2D eigenvalue weighted by Crippen LogP contribution is -2.44. The quantitative estimate of drug-likeness (QED) is 0.796. The molecule has 0 spiro atoms. The summed E-state index contributed by atoms with van der Waals surface area (Å²) in [6, 6.07) is 4.90. The first-order chi connectivity index (χ1) is 9.54. The average molecular weight is 278 g/mol. The molecule has 0 aromatic heterocycles. The Kier molecular flexibility index (Phi) is 4.08. The number of nitrogens with zero attached hydrogens (tertiary/aromatic N) is 2. The third-order valence-corrected chi connectivity index (χ3v) is 3.30. The zero-order chi connectivity index (χ0) is 14.7. The van der Waals surface area contributed by atoms with Gasteiger partial charge >= 0.3 is 0 Å². The second-order valence-corrected chi connectivity index (χ2v) is 4.58. The summed E-state index contributed by atoms with van der Waals surface area (Å²) < 4.78 is 26.1. The molecule has 0 N–H and O–H groups in total. The first kappa shape index (κ1) is 14.1. The van der Waals surface area contributed by atoms with Crippen LogP contribution in [0.25, 0.3) is 0 Å². The van der Waals surface area contributed by atoms with Crippen molar-refractivity contribution < 1.29 is 18.4 Å². The zero-order valence-electron chi connectivity index (χ0n) is 10.6. The Bertz CT molecular complexity index is 595. The van der Waals surface area contributed by atoms with Crippen molar-refractivity contribution in [1.82, 2.24) is 0 Å².